The predicted octanol–water partition coefficient (Wildman–Crippen LogP) is 3.64. The fourth-order valence-electron chi connectivity index (χ4n) is 3.79. The lowest BCUT2D eigenvalue weighted by Crippen LogP contribution is -2.50. The van der Waals surface area contributed by atoms with Crippen molar-refractivity contribution in [3.63, 3.8) is 0 Å². The van der Waals surface area contributed by atoms with Gasteiger partial charge >= 0.3 is 0 Å². The Morgan fingerprint density at radius 2 is 1.71 bits per heavy atom. The number of carbonyl (C=O) groups excluding carboxylic acids is 2. The molecule has 1 unspecified atom stereocenters. The van der Waals surface area contributed by atoms with Crippen LogP contribution in [-0.4, -0.2) is 39.5 Å². The maximum Gasteiger partial charge on any atom is 0.280 e. The molecule has 1 atom stereocenters. The number of amides is 2. The van der Waals surface area contributed by atoms with Gasteiger partial charge in [0, 0.05) is 17.7 Å². The average molecular weight is 487 g/mol. The van der Waals surface area contributed by atoms with Gasteiger partial charge in [-0.05, 0) is 36.4 Å². The molecule has 0 aliphatic carbocycles. The van der Waals surface area contributed by atoms with Gasteiger partial charge in [0.15, 0.2) is 5.17 Å². The molecule has 1 spiro atoms. The monoisotopic (exact) mass is 487 g/mol. The van der Waals surface area contributed by atoms with Crippen molar-refractivity contribution in [3.8, 4) is 5.75 Å². The maximum absolute atomic E-state index is 13.8. The minimum atomic E-state index is -1.76. The highest BCUT2D eigenvalue weighted by Gasteiger charge is 2.63. The highest BCUT2D eigenvalue weighted by atomic mass is 32.2. The van der Waals surface area contributed by atoms with Gasteiger partial charge in [-0.3, -0.25) is 19.7 Å². The number of nitro benzene ring substituents is 1. The van der Waals surface area contributed by atoms with Gasteiger partial charge in [-0.25, -0.2) is 4.99 Å². The Balaban J connectivity index is 1.61. The fourth-order valence-corrected chi connectivity index (χ4v) is 4.94. The third-order valence-electron chi connectivity index (χ3n) is 5.48. The number of rotatable bonds is 5. The molecule has 2 amide bonds. The molecular weight excluding hydrogens is 470 g/mol. The van der Waals surface area contributed by atoms with Gasteiger partial charge < -0.3 is 10.1 Å². The lowest BCUT2D eigenvalue weighted by atomic mass is 9.94. The number of methoxy groups -OCH3 is 1. The Bertz CT molecular complexity index is 1410. The number of thioether (sulfide) groups is 1. The van der Waals surface area contributed by atoms with E-state index in [-0.39, 0.29) is 16.6 Å². The largest absolute Gasteiger partial charge is 0.494 e. The van der Waals surface area contributed by atoms with Crippen LogP contribution < -0.4 is 15.1 Å². The van der Waals surface area contributed by atoms with E-state index >= 15 is 0 Å². The first-order valence-corrected chi connectivity index (χ1v) is 11.2. The van der Waals surface area contributed by atoms with E-state index in [1.54, 1.807) is 54.6 Å². The number of ether oxygens (including phenoxy) is 1. The van der Waals surface area contributed by atoms with E-state index in [1.165, 1.54) is 36.4 Å². The number of hydrogen-bond acceptors (Lipinski definition) is 8. The first-order valence-electron chi connectivity index (χ1n) is 10.4. The first kappa shape index (κ1) is 22.3. The lowest BCUT2D eigenvalue weighted by Gasteiger charge is -2.19. The van der Waals surface area contributed by atoms with E-state index in [9.17, 15) is 19.7 Å². The molecular formula is C24H17N5O5S. The van der Waals surface area contributed by atoms with Gasteiger partial charge in [0.2, 0.25) is 4.75 Å². The number of hydrogen-bond donors (Lipinski definition) is 1. The number of nitrogens with one attached hydrogen (secondary N) is 1. The summed E-state index contributed by atoms with van der Waals surface area (Å²) in [5.41, 5.74) is 1.42. The van der Waals surface area contributed by atoms with Gasteiger partial charge in [-0.2, -0.15) is 10.1 Å². The summed E-state index contributed by atoms with van der Waals surface area (Å²) in [5, 5.41) is 19.7. The third-order valence-corrected chi connectivity index (χ3v) is 6.72. The van der Waals surface area contributed by atoms with Crippen molar-refractivity contribution >= 4 is 51.5 Å². The summed E-state index contributed by atoms with van der Waals surface area (Å²) in [6.07, 6.45) is 0. The van der Waals surface area contributed by atoms with Crippen molar-refractivity contribution in [1.82, 2.24) is 5.32 Å². The smallest absolute Gasteiger partial charge is 0.280 e. The average Bonchev–Trinajstić information content (AvgIpc) is 3.36. The van der Waals surface area contributed by atoms with E-state index in [2.05, 4.69) is 15.4 Å². The van der Waals surface area contributed by atoms with Crippen LogP contribution >= 0.6 is 11.8 Å². The second-order valence-corrected chi connectivity index (χ2v) is 8.73. The molecule has 0 radical (unpaired) electrons. The Kier molecular flexibility index (Phi) is 5.53. The molecule has 2 aliphatic heterocycles. The number of para-hydroxylation sites is 3. The Morgan fingerprint density at radius 3 is 2.40 bits per heavy atom. The molecule has 3 aromatic rings. The van der Waals surface area contributed by atoms with Crippen LogP contribution in [0.2, 0.25) is 0 Å². The van der Waals surface area contributed by atoms with Gasteiger partial charge in [0.25, 0.3) is 17.5 Å². The van der Waals surface area contributed by atoms with E-state index in [4.69, 9.17) is 4.74 Å². The molecule has 0 bridgehead atoms. The highest BCUT2D eigenvalue weighted by molar-refractivity contribution is 8.17. The number of non-ortho nitro benzene ring substituents is 1. The van der Waals surface area contributed by atoms with Gasteiger partial charge in [0.1, 0.15) is 17.1 Å². The SMILES string of the molecule is COc1ccccc1N=C1NC(=O)C2(S1)C(=O)N(c1ccccc1)N=C2c1ccc([N+](=O)[O-])cc1. The molecule has 10 nitrogen and oxygen atoms in total. The molecule has 1 fully saturated rings. The zero-order chi connectivity index (χ0) is 24.6. The second-order valence-electron chi connectivity index (χ2n) is 7.53. The number of nitro groups is 1. The molecule has 5 rings (SSSR count). The Hall–Kier alpha value is -4.51. The Morgan fingerprint density at radius 1 is 1.03 bits per heavy atom. The maximum atomic E-state index is 13.8. The minimum absolute atomic E-state index is 0.116. The molecule has 2 heterocycles. The van der Waals surface area contributed by atoms with Crippen molar-refractivity contribution < 1.29 is 19.2 Å². The summed E-state index contributed by atoms with van der Waals surface area (Å²) < 4.78 is 3.58. The number of aliphatic imine (C=N–C) groups is 1. The predicted molar refractivity (Wildman–Crippen MR) is 132 cm³/mol. The number of carbonyl (C=O) groups is 2. The quantitative estimate of drug-likeness (QED) is 0.333. The second kappa shape index (κ2) is 8.69. The van der Waals surface area contributed by atoms with Crippen LogP contribution in [0.25, 0.3) is 0 Å². The number of benzene rings is 3. The van der Waals surface area contributed by atoms with Crippen molar-refractivity contribution in [2.45, 2.75) is 4.75 Å². The summed E-state index contributed by atoms with van der Waals surface area (Å²) >= 11 is 0.941. The summed E-state index contributed by atoms with van der Waals surface area (Å²) in [7, 11) is 1.51. The molecule has 0 aromatic heterocycles. The van der Waals surface area contributed by atoms with Crippen molar-refractivity contribution in [2.75, 3.05) is 12.1 Å². The highest BCUT2D eigenvalue weighted by Crippen LogP contribution is 2.44. The zero-order valence-corrected chi connectivity index (χ0v) is 19.1. The van der Waals surface area contributed by atoms with Crippen LogP contribution in [0.3, 0.4) is 0 Å². The third kappa shape index (κ3) is 3.71. The molecule has 0 saturated carbocycles. The summed E-state index contributed by atoms with van der Waals surface area (Å²) in [4.78, 5) is 42.3. The molecule has 35 heavy (non-hydrogen) atoms. The fraction of sp³-hybridized carbons (Fsp3) is 0.0833. The van der Waals surface area contributed by atoms with Crippen molar-refractivity contribution in [1.29, 1.82) is 0 Å². The van der Waals surface area contributed by atoms with Gasteiger partial charge in [0.05, 0.1) is 17.7 Å². The van der Waals surface area contributed by atoms with E-state index in [1.807, 2.05) is 0 Å². The Labute approximate surface area is 203 Å². The first-order chi connectivity index (χ1) is 16.9. The van der Waals surface area contributed by atoms with Gasteiger partial charge in [-0.15, -0.1) is 0 Å². The van der Waals surface area contributed by atoms with E-state index in [0.717, 1.165) is 11.8 Å². The lowest BCUT2D eigenvalue weighted by molar-refractivity contribution is -0.384. The topological polar surface area (TPSA) is 126 Å². The number of anilines is 1. The van der Waals surface area contributed by atoms with Crippen LogP contribution in [0.4, 0.5) is 17.1 Å². The summed E-state index contributed by atoms with van der Waals surface area (Å²) in [6, 6.07) is 21.3. The number of hydrazone groups is 1. The molecule has 1 N–H and O–H groups in total. The molecule has 3 aromatic carbocycles. The number of amidine groups is 1. The number of nitrogens with zero attached hydrogens (tertiary/aromatic N) is 4. The normalized spacial score (nSPS) is 20.3. The van der Waals surface area contributed by atoms with Crippen LogP contribution in [0.1, 0.15) is 5.56 Å². The summed E-state index contributed by atoms with van der Waals surface area (Å²) in [5.74, 6) is -0.662. The van der Waals surface area contributed by atoms with Crippen LogP contribution in [0, 0.1) is 10.1 Å². The minimum Gasteiger partial charge on any atom is -0.494 e. The van der Waals surface area contributed by atoms with Crippen molar-refractivity contribution in [2.24, 2.45) is 10.1 Å². The van der Waals surface area contributed by atoms with Crippen LogP contribution in [0.5, 0.6) is 5.75 Å². The standard InChI is InChI=1S/C24H17N5O5S/c1-34-19-10-6-5-9-18(19)25-23-26-21(30)24(35-23)20(15-11-13-17(14-12-15)29(32)33)27-28(22(24)31)16-7-3-2-4-8-16/h2-14H,1H3,(H,25,26,30). The van der Waals surface area contributed by atoms with Crippen LogP contribution in [-0.2, 0) is 9.59 Å². The van der Waals surface area contributed by atoms with Crippen molar-refractivity contribution in [3.05, 3.63) is 94.5 Å². The van der Waals surface area contributed by atoms with E-state index in [0.29, 0.717) is 22.7 Å². The molecule has 2 aliphatic rings. The van der Waals surface area contributed by atoms with E-state index < -0.39 is 21.5 Å². The van der Waals surface area contributed by atoms with Gasteiger partial charge in [-0.1, -0.05) is 42.1 Å². The molecule has 11 heteroatoms. The molecule has 174 valence electrons. The zero-order valence-electron chi connectivity index (χ0n) is 18.2. The summed E-state index contributed by atoms with van der Waals surface area (Å²) in [6.45, 7) is 0. The molecule has 1 saturated heterocycles. The van der Waals surface area contributed by atoms with Crippen LogP contribution in [0.15, 0.2) is 89.0 Å².